The first-order chi connectivity index (χ1) is 16.1. The summed E-state index contributed by atoms with van der Waals surface area (Å²) >= 11 is 0. The maximum Gasteiger partial charge on any atom is 0.420 e. The van der Waals surface area contributed by atoms with Crippen LogP contribution in [0.5, 0.6) is 0 Å². The third kappa shape index (κ3) is 4.13. The monoisotopic (exact) mass is 483 g/mol. The van der Waals surface area contributed by atoms with E-state index < -0.39 is 64.3 Å². The number of hydrogen-bond acceptors (Lipinski definition) is 6. The number of pyridine rings is 1. The Morgan fingerprint density at radius 3 is 2.26 bits per heavy atom. The van der Waals surface area contributed by atoms with Gasteiger partial charge in [-0.2, -0.15) is 13.2 Å². The second-order valence-electron chi connectivity index (χ2n) is 7.56. The first-order valence-electron chi connectivity index (χ1n) is 10.2. The summed E-state index contributed by atoms with van der Waals surface area (Å²) in [6.07, 6.45) is -1.41. The molecule has 3 heterocycles. The second-order valence-corrected chi connectivity index (χ2v) is 7.56. The van der Waals surface area contributed by atoms with Crippen LogP contribution in [0.25, 0.3) is 10.9 Å². The van der Waals surface area contributed by atoms with Crippen LogP contribution in [0.4, 0.5) is 33.6 Å². The summed E-state index contributed by atoms with van der Waals surface area (Å²) in [5, 5.41) is 8.47. The SMILES string of the molecule is O=C(O)c1cn(CCF)c2c(C(F)(F)F)c(N3CCN(c4ncccn4)CC3)c(F)cc2c1=O. The van der Waals surface area contributed by atoms with Crippen molar-refractivity contribution >= 4 is 28.5 Å². The van der Waals surface area contributed by atoms with Gasteiger partial charge in [-0.1, -0.05) is 0 Å². The number of carboxylic acids is 1. The van der Waals surface area contributed by atoms with E-state index in [1.807, 2.05) is 0 Å². The molecule has 13 heteroatoms. The van der Waals surface area contributed by atoms with Crippen molar-refractivity contribution in [3.63, 3.8) is 0 Å². The molecule has 0 radical (unpaired) electrons. The van der Waals surface area contributed by atoms with Gasteiger partial charge in [0.05, 0.1) is 23.1 Å². The Kier molecular flexibility index (Phi) is 6.11. The van der Waals surface area contributed by atoms with E-state index in [9.17, 15) is 32.3 Å². The number of benzene rings is 1. The lowest BCUT2D eigenvalue weighted by Gasteiger charge is -2.37. The molecule has 1 saturated heterocycles. The number of anilines is 2. The predicted octanol–water partition coefficient (Wildman–Crippen LogP) is 2.94. The van der Waals surface area contributed by atoms with Gasteiger partial charge in [-0.3, -0.25) is 4.79 Å². The average molecular weight is 483 g/mol. The van der Waals surface area contributed by atoms with Gasteiger partial charge >= 0.3 is 12.1 Å². The molecular formula is C21H18F5N5O3. The van der Waals surface area contributed by atoms with Gasteiger partial charge in [-0.05, 0) is 12.1 Å². The van der Waals surface area contributed by atoms with Crippen molar-refractivity contribution in [2.24, 2.45) is 0 Å². The number of aryl methyl sites for hydroxylation is 1. The second kappa shape index (κ2) is 8.88. The lowest BCUT2D eigenvalue weighted by molar-refractivity contribution is -0.136. The number of piperazine rings is 1. The Labute approximate surface area is 188 Å². The van der Waals surface area contributed by atoms with Crippen LogP contribution in [0.2, 0.25) is 0 Å². The van der Waals surface area contributed by atoms with Gasteiger partial charge in [0.2, 0.25) is 11.4 Å². The minimum Gasteiger partial charge on any atom is -0.477 e. The summed E-state index contributed by atoms with van der Waals surface area (Å²) in [6, 6.07) is 2.21. The van der Waals surface area contributed by atoms with E-state index in [2.05, 4.69) is 9.97 Å². The predicted molar refractivity (Wildman–Crippen MR) is 113 cm³/mol. The largest absolute Gasteiger partial charge is 0.477 e. The van der Waals surface area contributed by atoms with E-state index in [1.54, 1.807) is 11.0 Å². The zero-order valence-corrected chi connectivity index (χ0v) is 17.5. The van der Waals surface area contributed by atoms with E-state index >= 15 is 4.39 Å². The average Bonchev–Trinajstić information content (AvgIpc) is 2.80. The van der Waals surface area contributed by atoms with E-state index in [-0.39, 0.29) is 26.2 Å². The molecule has 0 unspecified atom stereocenters. The summed E-state index contributed by atoms with van der Waals surface area (Å²) in [4.78, 5) is 35.1. The van der Waals surface area contributed by atoms with Crippen LogP contribution in [-0.4, -0.2) is 58.5 Å². The maximum absolute atomic E-state index is 15.2. The number of carbonyl (C=O) groups is 1. The number of aromatic carboxylic acids is 1. The highest BCUT2D eigenvalue weighted by atomic mass is 19.4. The third-order valence-corrected chi connectivity index (χ3v) is 5.56. The fourth-order valence-electron chi connectivity index (χ4n) is 4.11. The summed E-state index contributed by atoms with van der Waals surface area (Å²) in [5.41, 5.74) is -5.14. The Morgan fingerprint density at radius 1 is 1.09 bits per heavy atom. The van der Waals surface area contributed by atoms with Crippen LogP contribution in [-0.2, 0) is 12.7 Å². The van der Waals surface area contributed by atoms with Crippen molar-refractivity contribution in [2.75, 3.05) is 42.7 Å². The Balaban J connectivity index is 1.88. The van der Waals surface area contributed by atoms with Gasteiger partial charge in [-0.15, -0.1) is 0 Å². The molecule has 2 aromatic heterocycles. The number of aromatic nitrogens is 3. The van der Waals surface area contributed by atoms with E-state index in [0.717, 1.165) is 0 Å². The molecular weight excluding hydrogens is 465 g/mol. The maximum atomic E-state index is 15.2. The third-order valence-electron chi connectivity index (χ3n) is 5.56. The molecule has 1 fully saturated rings. The zero-order chi connectivity index (χ0) is 24.6. The van der Waals surface area contributed by atoms with Crippen molar-refractivity contribution in [1.82, 2.24) is 14.5 Å². The Hall–Kier alpha value is -3.77. The number of fused-ring (bicyclic) bond motifs is 1. The summed E-state index contributed by atoms with van der Waals surface area (Å²) in [5.74, 6) is -2.65. The number of halogens is 5. The molecule has 8 nitrogen and oxygen atoms in total. The summed E-state index contributed by atoms with van der Waals surface area (Å²) < 4.78 is 72.0. The molecule has 0 amide bonds. The van der Waals surface area contributed by atoms with Gasteiger partial charge in [0.1, 0.15) is 23.6 Å². The first-order valence-corrected chi connectivity index (χ1v) is 10.2. The van der Waals surface area contributed by atoms with Crippen LogP contribution < -0.4 is 15.2 Å². The van der Waals surface area contributed by atoms with Crippen LogP contribution in [0, 0.1) is 5.82 Å². The van der Waals surface area contributed by atoms with Crippen LogP contribution >= 0.6 is 0 Å². The Bertz CT molecular complexity index is 1290. The molecule has 34 heavy (non-hydrogen) atoms. The minimum atomic E-state index is -5.12. The molecule has 0 atom stereocenters. The van der Waals surface area contributed by atoms with Crippen LogP contribution in [0.3, 0.4) is 0 Å². The standard InChI is InChI=1S/C21H18F5N5O3/c22-2-5-31-11-13(19(33)34)18(32)12-10-14(23)17(15(16(12)31)21(24,25)26)29-6-8-30(9-7-29)20-27-3-1-4-28-20/h1,3-4,10-11H,2,5-9H2,(H,33,34). The van der Waals surface area contributed by atoms with E-state index in [0.29, 0.717) is 22.8 Å². The van der Waals surface area contributed by atoms with Gasteiger partial charge < -0.3 is 19.5 Å². The van der Waals surface area contributed by atoms with Gasteiger partial charge in [-0.25, -0.2) is 23.5 Å². The lowest BCUT2D eigenvalue weighted by atomic mass is 10.0. The van der Waals surface area contributed by atoms with E-state index in [4.69, 9.17) is 0 Å². The van der Waals surface area contributed by atoms with Gasteiger partial charge in [0.25, 0.3) is 0 Å². The lowest BCUT2D eigenvalue weighted by Crippen LogP contribution is -2.48. The molecule has 1 aliphatic heterocycles. The van der Waals surface area contributed by atoms with Crippen molar-refractivity contribution in [1.29, 1.82) is 0 Å². The van der Waals surface area contributed by atoms with Crippen molar-refractivity contribution in [3.05, 3.63) is 57.9 Å². The quantitative estimate of drug-likeness (QED) is 0.558. The molecule has 0 bridgehead atoms. The van der Waals surface area contributed by atoms with Crippen molar-refractivity contribution in [3.8, 4) is 0 Å². The van der Waals surface area contributed by atoms with Crippen molar-refractivity contribution < 1.29 is 31.9 Å². The molecule has 180 valence electrons. The number of rotatable bonds is 5. The Morgan fingerprint density at radius 2 is 1.71 bits per heavy atom. The smallest absolute Gasteiger partial charge is 0.420 e. The molecule has 4 rings (SSSR count). The summed E-state index contributed by atoms with van der Waals surface area (Å²) in [7, 11) is 0. The fourth-order valence-corrected chi connectivity index (χ4v) is 4.11. The molecule has 0 aliphatic carbocycles. The number of nitrogens with zero attached hydrogens (tertiary/aromatic N) is 5. The first kappa shape index (κ1) is 23.4. The molecule has 1 N–H and O–H groups in total. The summed E-state index contributed by atoms with van der Waals surface area (Å²) in [6.45, 7) is -1.39. The number of alkyl halides is 4. The van der Waals surface area contributed by atoms with Crippen LogP contribution in [0.15, 0.2) is 35.5 Å². The molecule has 0 spiro atoms. The van der Waals surface area contributed by atoms with Crippen molar-refractivity contribution in [2.45, 2.75) is 12.7 Å². The van der Waals surface area contributed by atoms with Gasteiger partial charge in [0.15, 0.2) is 0 Å². The topological polar surface area (TPSA) is 91.6 Å². The minimum absolute atomic E-state index is 0.00961. The highest BCUT2D eigenvalue weighted by Gasteiger charge is 2.41. The highest BCUT2D eigenvalue weighted by molar-refractivity contribution is 5.95. The molecule has 1 aliphatic rings. The number of carboxylic acid groups (broad SMARTS) is 1. The molecule has 3 aromatic rings. The van der Waals surface area contributed by atoms with Crippen LogP contribution in [0.1, 0.15) is 15.9 Å². The normalized spacial score (nSPS) is 14.6. The van der Waals surface area contributed by atoms with Gasteiger partial charge in [0, 0.05) is 44.8 Å². The molecule has 1 aromatic carbocycles. The molecule has 0 saturated carbocycles. The highest BCUT2D eigenvalue weighted by Crippen LogP contribution is 2.43. The number of hydrogen-bond donors (Lipinski definition) is 1. The fraction of sp³-hybridized carbons (Fsp3) is 0.333. The van der Waals surface area contributed by atoms with E-state index in [1.165, 1.54) is 17.3 Å². The zero-order valence-electron chi connectivity index (χ0n) is 17.5.